The van der Waals surface area contributed by atoms with Gasteiger partial charge in [-0.1, -0.05) is 6.07 Å². The lowest BCUT2D eigenvalue weighted by Crippen LogP contribution is -2.29. The van der Waals surface area contributed by atoms with E-state index in [-0.39, 0.29) is 12.2 Å². The Labute approximate surface area is 192 Å². The van der Waals surface area contributed by atoms with Crippen molar-refractivity contribution in [3.05, 3.63) is 66.2 Å². The number of hydrogen-bond acceptors (Lipinski definition) is 7. The van der Waals surface area contributed by atoms with E-state index in [2.05, 4.69) is 43.2 Å². The van der Waals surface area contributed by atoms with Gasteiger partial charge in [-0.15, -0.1) is 0 Å². The number of fused-ring (bicyclic) bond motifs is 1. The van der Waals surface area contributed by atoms with Crippen molar-refractivity contribution in [3.63, 3.8) is 0 Å². The zero-order chi connectivity index (χ0) is 22.8. The third kappa shape index (κ3) is 4.75. The molecule has 1 aromatic carbocycles. The number of nitrogens with zero attached hydrogens (tertiary/aromatic N) is 7. The number of ketones is 1. The Morgan fingerprint density at radius 1 is 0.970 bits per heavy atom. The molecule has 1 aliphatic heterocycles. The number of pyridine rings is 1. The lowest BCUT2D eigenvalue weighted by Gasteiger charge is -2.21. The maximum atomic E-state index is 13.1. The first-order chi connectivity index (χ1) is 16.0. The monoisotopic (exact) mass is 441 g/mol. The molecule has 0 radical (unpaired) electrons. The van der Waals surface area contributed by atoms with E-state index in [1.165, 1.54) is 0 Å². The maximum absolute atomic E-state index is 13.1. The fourth-order valence-corrected chi connectivity index (χ4v) is 4.23. The molecule has 0 N–H and O–H groups in total. The van der Waals surface area contributed by atoms with Crippen LogP contribution in [-0.2, 0) is 13.5 Å². The Morgan fingerprint density at radius 3 is 2.73 bits per heavy atom. The Kier molecular flexibility index (Phi) is 5.83. The molecule has 1 fully saturated rings. The van der Waals surface area contributed by atoms with E-state index in [4.69, 9.17) is 0 Å². The first-order valence-electron chi connectivity index (χ1n) is 11.2. The molecule has 0 unspecified atom stereocenters. The standard InChI is InChI=1S/C25H27N7O/c1-30-8-3-9-32(11-10-30)25-14-19(6-7-26-25)24(33)15-22-13-20-12-18(4-5-23(20)29-28-22)21-16-27-31(2)17-21/h4-7,12-14,16-17H,3,8-11,15H2,1-2H3. The number of anilines is 1. The highest BCUT2D eigenvalue weighted by Gasteiger charge is 2.16. The van der Waals surface area contributed by atoms with Crippen molar-refractivity contribution in [2.75, 3.05) is 38.1 Å². The summed E-state index contributed by atoms with van der Waals surface area (Å²) in [5.74, 6) is 0.879. The summed E-state index contributed by atoms with van der Waals surface area (Å²) in [6.07, 6.45) is 6.83. The molecule has 0 aliphatic carbocycles. The van der Waals surface area contributed by atoms with E-state index in [0.29, 0.717) is 11.3 Å². The summed E-state index contributed by atoms with van der Waals surface area (Å²) in [5.41, 5.74) is 4.21. The summed E-state index contributed by atoms with van der Waals surface area (Å²) in [7, 11) is 4.04. The van der Waals surface area contributed by atoms with Gasteiger partial charge in [0.2, 0.25) is 0 Å². The molecular weight excluding hydrogens is 414 g/mol. The average Bonchev–Trinajstić information content (AvgIpc) is 3.15. The van der Waals surface area contributed by atoms with E-state index >= 15 is 0 Å². The van der Waals surface area contributed by atoms with Gasteiger partial charge in [0.1, 0.15) is 5.82 Å². The molecule has 8 nitrogen and oxygen atoms in total. The van der Waals surface area contributed by atoms with Gasteiger partial charge in [0, 0.05) is 55.6 Å². The van der Waals surface area contributed by atoms with Crippen LogP contribution in [0.5, 0.6) is 0 Å². The molecule has 0 amide bonds. The third-order valence-electron chi connectivity index (χ3n) is 6.13. The molecule has 0 atom stereocenters. The minimum Gasteiger partial charge on any atom is -0.355 e. The summed E-state index contributed by atoms with van der Waals surface area (Å²) >= 11 is 0. The maximum Gasteiger partial charge on any atom is 0.169 e. The number of carbonyl (C=O) groups excluding carboxylic acids is 1. The van der Waals surface area contributed by atoms with Gasteiger partial charge < -0.3 is 9.80 Å². The highest BCUT2D eigenvalue weighted by atomic mass is 16.1. The molecule has 4 heterocycles. The summed E-state index contributed by atoms with van der Waals surface area (Å²) in [6, 6.07) is 11.7. The van der Waals surface area contributed by atoms with Gasteiger partial charge in [-0.3, -0.25) is 9.48 Å². The Balaban J connectivity index is 1.35. The van der Waals surface area contributed by atoms with Gasteiger partial charge in [0.25, 0.3) is 0 Å². The number of carbonyl (C=O) groups is 1. The second kappa shape index (κ2) is 9.07. The first-order valence-corrected chi connectivity index (χ1v) is 11.2. The number of hydrogen-bond donors (Lipinski definition) is 0. The molecule has 1 saturated heterocycles. The van der Waals surface area contributed by atoms with Crippen molar-refractivity contribution in [2.45, 2.75) is 12.8 Å². The van der Waals surface area contributed by atoms with Crippen LogP contribution in [0.4, 0.5) is 5.82 Å². The quantitative estimate of drug-likeness (QED) is 0.441. The lowest BCUT2D eigenvalue weighted by molar-refractivity contribution is 0.0991. The van der Waals surface area contributed by atoms with Gasteiger partial charge >= 0.3 is 0 Å². The number of likely N-dealkylation sites (N-methyl/N-ethyl adjacent to an activating group) is 1. The number of aryl methyl sites for hydroxylation is 1. The van der Waals surface area contributed by atoms with Gasteiger partial charge in [0.05, 0.1) is 23.8 Å². The molecule has 0 spiro atoms. The van der Waals surface area contributed by atoms with Crippen molar-refractivity contribution in [2.24, 2.45) is 7.05 Å². The Hall–Kier alpha value is -3.65. The van der Waals surface area contributed by atoms with Crippen molar-refractivity contribution in [1.29, 1.82) is 0 Å². The van der Waals surface area contributed by atoms with E-state index in [1.54, 1.807) is 16.9 Å². The fraction of sp³-hybridized carbons (Fsp3) is 0.320. The van der Waals surface area contributed by atoms with E-state index < -0.39 is 0 Å². The van der Waals surface area contributed by atoms with Gasteiger partial charge in [-0.05, 0) is 55.9 Å². The van der Waals surface area contributed by atoms with Crippen LogP contribution in [0.2, 0.25) is 0 Å². The topological polar surface area (TPSA) is 80.0 Å². The van der Waals surface area contributed by atoms with E-state index in [0.717, 1.165) is 60.4 Å². The summed E-state index contributed by atoms with van der Waals surface area (Å²) in [6.45, 7) is 3.94. The predicted octanol–water partition coefficient (Wildman–Crippen LogP) is 2.99. The van der Waals surface area contributed by atoms with E-state index in [9.17, 15) is 4.79 Å². The minimum absolute atomic E-state index is 0.0163. The van der Waals surface area contributed by atoms with Crippen LogP contribution < -0.4 is 4.90 Å². The predicted molar refractivity (Wildman–Crippen MR) is 128 cm³/mol. The fourth-order valence-electron chi connectivity index (χ4n) is 4.23. The number of benzene rings is 1. The van der Waals surface area contributed by atoms with Crippen LogP contribution >= 0.6 is 0 Å². The zero-order valence-corrected chi connectivity index (χ0v) is 19.0. The molecule has 4 aromatic rings. The molecule has 5 rings (SSSR count). The summed E-state index contributed by atoms with van der Waals surface area (Å²) in [5, 5.41) is 13.8. The highest BCUT2D eigenvalue weighted by Crippen LogP contribution is 2.24. The number of aromatic nitrogens is 5. The Bertz CT molecular complexity index is 1300. The summed E-state index contributed by atoms with van der Waals surface area (Å²) in [4.78, 5) is 22.2. The normalized spacial score (nSPS) is 15.0. The molecule has 3 aromatic heterocycles. The summed E-state index contributed by atoms with van der Waals surface area (Å²) < 4.78 is 1.78. The number of rotatable bonds is 5. The first kappa shape index (κ1) is 21.2. The highest BCUT2D eigenvalue weighted by molar-refractivity contribution is 5.98. The van der Waals surface area contributed by atoms with Crippen LogP contribution in [0.25, 0.3) is 22.0 Å². The van der Waals surface area contributed by atoms with Crippen molar-refractivity contribution in [3.8, 4) is 11.1 Å². The molecule has 168 valence electrons. The minimum atomic E-state index is 0.0163. The molecular formula is C25H27N7O. The van der Waals surface area contributed by atoms with Crippen LogP contribution in [0, 0.1) is 0 Å². The second-order valence-electron chi connectivity index (χ2n) is 8.66. The lowest BCUT2D eigenvalue weighted by atomic mass is 10.0. The van der Waals surface area contributed by atoms with Gasteiger partial charge in [-0.25, -0.2) is 4.98 Å². The third-order valence-corrected chi connectivity index (χ3v) is 6.13. The van der Waals surface area contributed by atoms with Crippen molar-refractivity contribution < 1.29 is 4.79 Å². The van der Waals surface area contributed by atoms with Crippen molar-refractivity contribution >= 4 is 22.5 Å². The van der Waals surface area contributed by atoms with Gasteiger partial charge in [-0.2, -0.15) is 15.3 Å². The van der Waals surface area contributed by atoms with Crippen LogP contribution in [0.15, 0.2) is 55.0 Å². The molecule has 1 aliphatic rings. The van der Waals surface area contributed by atoms with Crippen LogP contribution in [0.1, 0.15) is 22.5 Å². The second-order valence-corrected chi connectivity index (χ2v) is 8.66. The number of Topliss-reactive ketones (excluding diaryl/α,β-unsaturated/α-hetero) is 1. The molecule has 0 bridgehead atoms. The zero-order valence-electron chi connectivity index (χ0n) is 19.0. The largest absolute Gasteiger partial charge is 0.355 e. The van der Waals surface area contributed by atoms with E-state index in [1.807, 2.05) is 43.7 Å². The van der Waals surface area contributed by atoms with Crippen LogP contribution in [-0.4, -0.2) is 68.9 Å². The molecule has 0 saturated carbocycles. The van der Waals surface area contributed by atoms with Crippen LogP contribution in [0.3, 0.4) is 0 Å². The smallest absolute Gasteiger partial charge is 0.169 e. The van der Waals surface area contributed by atoms with Crippen molar-refractivity contribution in [1.82, 2.24) is 29.9 Å². The molecule has 8 heteroatoms. The van der Waals surface area contributed by atoms with Gasteiger partial charge in [0.15, 0.2) is 5.78 Å². The SMILES string of the molecule is CN1CCCN(c2cc(C(=O)Cc3cc4cc(-c5cnn(C)c5)ccc4nn3)ccn2)CC1. The average molecular weight is 442 g/mol. The Morgan fingerprint density at radius 2 is 1.88 bits per heavy atom. The molecule has 33 heavy (non-hydrogen) atoms.